The van der Waals surface area contributed by atoms with Crippen LogP contribution in [0.25, 0.3) is 0 Å². The van der Waals surface area contributed by atoms with Crippen LogP contribution in [0.2, 0.25) is 0 Å². The van der Waals surface area contributed by atoms with Crippen LogP contribution in [-0.4, -0.2) is 30.6 Å². The molecule has 0 radical (unpaired) electrons. The normalized spacial score (nSPS) is 31.1. The molecule has 2 aliphatic rings. The van der Waals surface area contributed by atoms with Crippen molar-refractivity contribution in [1.29, 1.82) is 0 Å². The molecule has 2 rings (SSSR count). The van der Waals surface area contributed by atoms with Crippen molar-refractivity contribution in [2.75, 3.05) is 11.5 Å². The summed E-state index contributed by atoms with van der Waals surface area (Å²) >= 11 is 0. The Morgan fingerprint density at radius 1 is 1.33 bits per heavy atom. The Morgan fingerprint density at radius 2 is 1.92 bits per heavy atom. The van der Waals surface area contributed by atoms with E-state index in [0.29, 0.717) is 17.4 Å². The van der Waals surface area contributed by atoms with Gasteiger partial charge in [-0.05, 0) is 31.6 Å². The van der Waals surface area contributed by atoms with E-state index in [1.54, 1.807) is 0 Å². The minimum Gasteiger partial charge on any atom is -0.390 e. The van der Waals surface area contributed by atoms with Crippen LogP contribution < -0.4 is 0 Å². The number of rotatable bonds is 3. The Bertz CT molecular complexity index is 265. The fourth-order valence-corrected chi connectivity index (χ4v) is 3.38. The molecule has 1 saturated heterocycles. The van der Waals surface area contributed by atoms with E-state index in [1.807, 2.05) is 0 Å². The van der Waals surface area contributed by atoms with Crippen LogP contribution in [0.15, 0.2) is 0 Å². The van der Waals surface area contributed by atoms with Crippen molar-refractivity contribution in [3.63, 3.8) is 0 Å². The standard InChI is InChI=1S/C8H14O3S/c9-8(3-4-8)2-1-7-5-12(10,11)6-7/h7,9H,1-6H2. The third-order valence-electron chi connectivity index (χ3n) is 2.82. The van der Waals surface area contributed by atoms with Crippen LogP contribution in [0.4, 0.5) is 0 Å². The van der Waals surface area contributed by atoms with Gasteiger partial charge in [-0.25, -0.2) is 8.42 Å². The van der Waals surface area contributed by atoms with E-state index < -0.39 is 15.4 Å². The van der Waals surface area contributed by atoms with Crippen molar-refractivity contribution < 1.29 is 13.5 Å². The van der Waals surface area contributed by atoms with E-state index in [-0.39, 0.29) is 0 Å². The number of hydrogen-bond acceptors (Lipinski definition) is 3. The maximum Gasteiger partial charge on any atom is 0.150 e. The molecule has 0 bridgehead atoms. The van der Waals surface area contributed by atoms with Gasteiger partial charge in [-0.1, -0.05) is 0 Å². The van der Waals surface area contributed by atoms with Gasteiger partial charge in [0.1, 0.15) is 0 Å². The average Bonchev–Trinajstić information content (AvgIpc) is 2.60. The van der Waals surface area contributed by atoms with Gasteiger partial charge in [0.05, 0.1) is 17.1 Å². The SMILES string of the molecule is O=S1(=O)CC(CCC2(O)CC2)C1. The first-order valence-electron chi connectivity index (χ1n) is 4.42. The zero-order chi connectivity index (χ0) is 8.82. The van der Waals surface area contributed by atoms with Gasteiger partial charge in [0, 0.05) is 0 Å². The molecule has 0 aromatic heterocycles. The molecule has 1 N–H and O–H groups in total. The molecule has 1 aliphatic carbocycles. The predicted octanol–water partition coefficient (Wildman–Crippen LogP) is 0.336. The van der Waals surface area contributed by atoms with Gasteiger partial charge < -0.3 is 5.11 Å². The second-order valence-electron chi connectivity index (χ2n) is 4.21. The fraction of sp³-hybridized carbons (Fsp3) is 1.00. The molecule has 0 unspecified atom stereocenters. The Labute approximate surface area is 72.7 Å². The van der Waals surface area contributed by atoms with Crippen molar-refractivity contribution in [2.24, 2.45) is 5.92 Å². The summed E-state index contributed by atoms with van der Waals surface area (Å²) in [6.45, 7) is 0. The van der Waals surface area contributed by atoms with E-state index in [4.69, 9.17) is 0 Å². The van der Waals surface area contributed by atoms with Crippen LogP contribution in [-0.2, 0) is 9.84 Å². The molecular formula is C8H14O3S. The largest absolute Gasteiger partial charge is 0.390 e. The molecule has 2 fully saturated rings. The van der Waals surface area contributed by atoms with Crippen molar-refractivity contribution in [3.05, 3.63) is 0 Å². The van der Waals surface area contributed by atoms with E-state index >= 15 is 0 Å². The molecule has 70 valence electrons. The van der Waals surface area contributed by atoms with Gasteiger partial charge in [0.2, 0.25) is 0 Å². The maximum atomic E-state index is 10.8. The summed E-state index contributed by atoms with van der Waals surface area (Å²) in [7, 11) is -2.66. The quantitative estimate of drug-likeness (QED) is 0.698. The van der Waals surface area contributed by atoms with Gasteiger partial charge in [0.25, 0.3) is 0 Å². The minimum atomic E-state index is -2.66. The molecule has 0 aromatic rings. The molecule has 0 spiro atoms. The summed E-state index contributed by atoms with van der Waals surface area (Å²) in [5.74, 6) is 1.03. The molecule has 12 heavy (non-hydrogen) atoms. The highest BCUT2D eigenvalue weighted by Crippen LogP contribution is 2.41. The lowest BCUT2D eigenvalue weighted by molar-refractivity contribution is 0.132. The molecule has 1 saturated carbocycles. The Kier molecular flexibility index (Phi) is 1.74. The van der Waals surface area contributed by atoms with Crippen LogP contribution in [0, 0.1) is 5.92 Å². The summed E-state index contributed by atoms with van der Waals surface area (Å²) in [6.07, 6.45) is 3.50. The van der Waals surface area contributed by atoms with Crippen molar-refractivity contribution in [2.45, 2.75) is 31.3 Å². The molecule has 3 nitrogen and oxygen atoms in total. The van der Waals surface area contributed by atoms with Gasteiger partial charge in [-0.15, -0.1) is 0 Å². The lowest BCUT2D eigenvalue weighted by atomic mass is 10.0. The smallest absolute Gasteiger partial charge is 0.150 e. The second kappa shape index (κ2) is 2.45. The topological polar surface area (TPSA) is 54.4 Å². The van der Waals surface area contributed by atoms with Crippen LogP contribution in [0.3, 0.4) is 0 Å². The highest BCUT2D eigenvalue weighted by molar-refractivity contribution is 7.92. The first kappa shape index (κ1) is 8.51. The molecule has 1 heterocycles. The first-order chi connectivity index (χ1) is 5.49. The van der Waals surface area contributed by atoms with E-state index in [1.165, 1.54) is 0 Å². The van der Waals surface area contributed by atoms with E-state index in [2.05, 4.69) is 0 Å². The fourth-order valence-electron chi connectivity index (χ4n) is 1.70. The summed E-state index contributed by atoms with van der Waals surface area (Å²) in [5.41, 5.74) is -0.403. The monoisotopic (exact) mass is 190 g/mol. The molecule has 1 aliphatic heterocycles. The van der Waals surface area contributed by atoms with Gasteiger partial charge >= 0.3 is 0 Å². The third-order valence-corrected chi connectivity index (χ3v) is 4.78. The highest BCUT2D eigenvalue weighted by Gasteiger charge is 2.42. The molecule has 0 aromatic carbocycles. The van der Waals surface area contributed by atoms with E-state index in [0.717, 1.165) is 25.7 Å². The van der Waals surface area contributed by atoms with Crippen molar-refractivity contribution >= 4 is 9.84 Å². The molecular weight excluding hydrogens is 176 g/mol. The van der Waals surface area contributed by atoms with Gasteiger partial charge in [-0.3, -0.25) is 0 Å². The first-order valence-corrected chi connectivity index (χ1v) is 6.24. The predicted molar refractivity (Wildman–Crippen MR) is 45.6 cm³/mol. The van der Waals surface area contributed by atoms with Crippen molar-refractivity contribution in [1.82, 2.24) is 0 Å². The number of sulfone groups is 1. The summed E-state index contributed by atoms with van der Waals surface area (Å²) in [4.78, 5) is 0. The van der Waals surface area contributed by atoms with Gasteiger partial charge in [0.15, 0.2) is 9.84 Å². The van der Waals surface area contributed by atoms with E-state index in [9.17, 15) is 13.5 Å². The highest BCUT2D eigenvalue weighted by atomic mass is 32.2. The van der Waals surface area contributed by atoms with Crippen LogP contribution >= 0.6 is 0 Å². The molecule has 0 atom stereocenters. The molecule has 4 heteroatoms. The Hall–Kier alpha value is -0.0900. The second-order valence-corrected chi connectivity index (χ2v) is 6.36. The Balaban J connectivity index is 1.70. The molecule has 0 amide bonds. The van der Waals surface area contributed by atoms with Crippen molar-refractivity contribution in [3.8, 4) is 0 Å². The Morgan fingerprint density at radius 3 is 2.33 bits per heavy atom. The maximum absolute atomic E-state index is 10.8. The summed E-state index contributed by atoms with van der Waals surface area (Å²) in [5, 5.41) is 9.48. The van der Waals surface area contributed by atoms with Crippen LogP contribution in [0.5, 0.6) is 0 Å². The third kappa shape index (κ3) is 1.80. The minimum absolute atomic E-state index is 0.333. The van der Waals surface area contributed by atoms with Crippen LogP contribution in [0.1, 0.15) is 25.7 Å². The number of hydrogen-bond donors (Lipinski definition) is 1. The lowest BCUT2D eigenvalue weighted by Gasteiger charge is -2.26. The average molecular weight is 190 g/mol. The van der Waals surface area contributed by atoms with Gasteiger partial charge in [-0.2, -0.15) is 0 Å². The summed E-state index contributed by atoms with van der Waals surface area (Å²) < 4.78 is 21.5. The lowest BCUT2D eigenvalue weighted by Crippen LogP contribution is -2.36. The summed E-state index contributed by atoms with van der Waals surface area (Å²) in [6, 6.07) is 0. The zero-order valence-electron chi connectivity index (χ0n) is 6.99. The zero-order valence-corrected chi connectivity index (χ0v) is 7.81. The number of aliphatic hydroxyl groups is 1.